The van der Waals surface area contributed by atoms with Gasteiger partial charge in [0.2, 0.25) is 0 Å². The summed E-state index contributed by atoms with van der Waals surface area (Å²) in [5.74, 6) is 2.09. The van der Waals surface area contributed by atoms with Crippen LogP contribution in [0.4, 0.5) is 0 Å². The molecule has 3 aromatic rings. The van der Waals surface area contributed by atoms with Crippen LogP contribution in [0.25, 0.3) is 11.0 Å². The Morgan fingerprint density at radius 1 is 1.41 bits per heavy atom. The Morgan fingerprint density at radius 2 is 2.32 bits per heavy atom. The maximum Gasteiger partial charge on any atom is 0.138 e. The van der Waals surface area contributed by atoms with E-state index >= 15 is 0 Å². The topological polar surface area (TPSA) is 60.6 Å². The van der Waals surface area contributed by atoms with Crippen molar-refractivity contribution in [3.05, 3.63) is 41.2 Å². The first kappa shape index (κ1) is 13.7. The smallest absolute Gasteiger partial charge is 0.138 e. The van der Waals surface area contributed by atoms with Crippen molar-refractivity contribution in [3.8, 4) is 0 Å². The van der Waals surface area contributed by atoms with E-state index in [1.165, 1.54) is 0 Å². The van der Waals surface area contributed by atoms with Crippen molar-refractivity contribution in [1.29, 1.82) is 0 Å². The molecule has 1 atom stereocenters. The number of hydrogen-bond acceptors (Lipinski definition) is 4. The zero-order chi connectivity index (χ0) is 15.1. The fourth-order valence-corrected chi connectivity index (χ4v) is 3.19. The van der Waals surface area contributed by atoms with E-state index in [0.29, 0.717) is 6.04 Å². The lowest BCUT2D eigenvalue weighted by Crippen LogP contribution is -2.37. The predicted molar refractivity (Wildman–Crippen MR) is 84.7 cm³/mol. The Balaban J connectivity index is 1.49. The SMILES string of the molecule is Cn1c(CN[C@@H]2CCc3ncnn3C2)nc2cc(Cl)ccc21. The van der Waals surface area contributed by atoms with Crippen molar-refractivity contribution in [2.75, 3.05) is 0 Å². The molecule has 1 aliphatic heterocycles. The van der Waals surface area contributed by atoms with E-state index in [0.717, 1.165) is 53.6 Å². The molecular formula is C15H17ClN6. The number of rotatable bonds is 3. The molecule has 0 saturated heterocycles. The molecule has 0 amide bonds. The van der Waals surface area contributed by atoms with Crippen molar-refractivity contribution in [2.45, 2.75) is 32.0 Å². The molecule has 0 aliphatic carbocycles. The highest BCUT2D eigenvalue weighted by atomic mass is 35.5. The van der Waals surface area contributed by atoms with Crippen LogP contribution in [0.5, 0.6) is 0 Å². The van der Waals surface area contributed by atoms with Crippen LogP contribution < -0.4 is 5.32 Å². The van der Waals surface area contributed by atoms with Crippen molar-refractivity contribution >= 4 is 22.6 Å². The molecule has 0 unspecified atom stereocenters. The van der Waals surface area contributed by atoms with Crippen LogP contribution in [-0.4, -0.2) is 30.4 Å². The zero-order valence-electron chi connectivity index (χ0n) is 12.3. The van der Waals surface area contributed by atoms with E-state index in [2.05, 4.69) is 25.0 Å². The largest absolute Gasteiger partial charge is 0.330 e. The molecule has 6 nitrogen and oxygen atoms in total. The third kappa shape index (κ3) is 2.38. The Labute approximate surface area is 133 Å². The van der Waals surface area contributed by atoms with E-state index in [4.69, 9.17) is 11.6 Å². The Hall–Kier alpha value is -1.92. The lowest BCUT2D eigenvalue weighted by atomic mass is 10.1. The fraction of sp³-hybridized carbons (Fsp3) is 0.400. The van der Waals surface area contributed by atoms with Crippen LogP contribution in [0, 0.1) is 0 Å². The summed E-state index contributed by atoms with van der Waals surface area (Å²) in [7, 11) is 2.04. The van der Waals surface area contributed by atoms with Crippen molar-refractivity contribution in [3.63, 3.8) is 0 Å². The van der Waals surface area contributed by atoms with Gasteiger partial charge in [0.05, 0.1) is 24.1 Å². The average molecular weight is 317 g/mol. The maximum absolute atomic E-state index is 6.04. The van der Waals surface area contributed by atoms with Crippen molar-refractivity contribution in [1.82, 2.24) is 29.6 Å². The molecule has 22 heavy (non-hydrogen) atoms. The minimum atomic E-state index is 0.401. The van der Waals surface area contributed by atoms with Gasteiger partial charge in [-0.3, -0.25) is 0 Å². The summed E-state index contributed by atoms with van der Waals surface area (Å²) in [5.41, 5.74) is 2.04. The Bertz CT molecular complexity index is 821. The van der Waals surface area contributed by atoms with E-state index in [1.807, 2.05) is 29.9 Å². The lowest BCUT2D eigenvalue weighted by molar-refractivity contribution is 0.354. The number of hydrogen-bond donors (Lipinski definition) is 1. The fourth-order valence-electron chi connectivity index (χ4n) is 3.02. The summed E-state index contributed by atoms with van der Waals surface area (Å²) in [4.78, 5) is 8.93. The molecular weight excluding hydrogens is 300 g/mol. The van der Waals surface area contributed by atoms with Crippen LogP contribution in [0.1, 0.15) is 18.1 Å². The number of nitrogens with one attached hydrogen (secondary N) is 1. The average Bonchev–Trinajstić information content (AvgIpc) is 3.09. The van der Waals surface area contributed by atoms with Gasteiger partial charge in [0.15, 0.2) is 0 Å². The summed E-state index contributed by atoms with van der Waals surface area (Å²) in [6.45, 7) is 1.60. The van der Waals surface area contributed by atoms with Crippen LogP contribution >= 0.6 is 11.6 Å². The molecule has 2 aromatic heterocycles. The van der Waals surface area contributed by atoms with Gasteiger partial charge in [-0.2, -0.15) is 5.10 Å². The number of imidazole rings is 1. The van der Waals surface area contributed by atoms with E-state index in [1.54, 1.807) is 6.33 Å². The van der Waals surface area contributed by atoms with Crippen LogP contribution in [0.3, 0.4) is 0 Å². The van der Waals surface area contributed by atoms with E-state index in [9.17, 15) is 0 Å². The van der Waals surface area contributed by atoms with Gasteiger partial charge in [-0.25, -0.2) is 14.6 Å². The Kier molecular flexibility index (Phi) is 3.35. The molecule has 0 bridgehead atoms. The number of fused-ring (bicyclic) bond motifs is 2. The predicted octanol–water partition coefficient (Wildman–Crippen LogP) is 1.92. The van der Waals surface area contributed by atoms with Gasteiger partial charge in [-0.15, -0.1) is 0 Å². The number of aryl methyl sites for hydroxylation is 2. The molecule has 7 heteroatoms. The number of benzene rings is 1. The van der Waals surface area contributed by atoms with Gasteiger partial charge in [0.25, 0.3) is 0 Å². The van der Waals surface area contributed by atoms with Crippen LogP contribution in [0.2, 0.25) is 5.02 Å². The first-order chi connectivity index (χ1) is 10.7. The molecule has 3 heterocycles. The molecule has 0 saturated carbocycles. The molecule has 1 N–H and O–H groups in total. The monoisotopic (exact) mass is 316 g/mol. The first-order valence-electron chi connectivity index (χ1n) is 7.41. The number of nitrogens with zero attached hydrogens (tertiary/aromatic N) is 5. The van der Waals surface area contributed by atoms with Crippen LogP contribution in [-0.2, 0) is 26.6 Å². The summed E-state index contributed by atoms with van der Waals surface area (Å²) < 4.78 is 4.10. The highest BCUT2D eigenvalue weighted by molar-refractivity contribution is 6.31. The normalized spacial score (nSPS) is 17.8. The maximum atomic E-state index is 6.04. The third-order valence-corrected chi connectivity index (χ3v) is 4.52. The van der Waals surface area contributed by atoms with Crippen LogP contribution in [0.15, 0.2) is 24.5 Å². The van der Waals surface area contributed by atoms with Gasteiger partial charge in [0.1, 0.15) is 18.0 Å². The van der Waals surface area contributed by atoms with Gasteiger partial charge in [-0.05, 0) is 24.6 Å². The second-order valence-corrected chi connectivity index (χ2v) is 6.13. The minimum Gasteiger partial charge on any atom is -0.330 e. The van der Waals surface area contributed by atoms with Gasteiger partial charge < -0.3 is 9.88 Å². The number of aromatic nitrogens is 5. The summed E-state index contributed by atoms with van der Waals surface area (Å²) in [5, 5.41) is 8.55. The first-order valence-corrected chi connectivity index (χ1v) is 7.79. The standard InChI is InChI=1S/C15H17ClN6/c1-21-13-4-2-10(16)6-12(13)20-15(21)7-17-11-3-5-14-18-9-19-22(14)8-11/h2,4,6,9,11,17H,3,5,7-8H2,1H3/t11-/m1/s1. The summed E-state index contributed by atoms with van der Waals surface area (Å²) in [6.07, 6.45) is 3.68. The molecule has 0 radical (unpaired) electrons. The van der Waals surface area contributed by atoms with E-state index < -0.39 is 0 Å². The second kappa shape index (κ2) is 5.37. The lowest BCUT2D eigenvalue weighted by Gasteiger charge is -2.23. The summed E-state index contributed by atoms with van der Waals surface area (Å²) in [6, 6.07) is 6.22. The quantitative estimate of drug-likeness (QED) is 0.802. The molecule has 1 aliphatic rings. The van der Waals surface area contributed by atoms with Crippen molar-refractivity contribution in [2.24, 2.45) is 7.05 Å². The van der Waals surface area contributed by atoms with Gasteiger partial charge in [-0.1, -0.05) is 11.6 Å². The summed E-state index contributed by atoms with van der Waals surface area (Å²) >= 11 is 6.04. The third-order valence-electron chi connectivity index (χ3n) is 4.29. The Morgan fingerprint density at radius 3 is 3.23 bits per heavy atom. The minimum absolute atomic E-state index is 0.401. The molecule has 1 aromatic carbocycles. The van der Waals surface area contributed by atoms with Gasteiger partial charge >= 0.3 is 0 Å². The molecule has 114 valence electrons. The van der Waals surface area contributed by atoms with Gasteiger partial charge in [0, 0.05) is 24.5 Å². The molecule has 0 spiro atoms. The number of halogens is 1. The molecule has 0 fully saturated rings. The second-order valence-electron chi connectivity index (χ2n) is 5.69. The zero-order valence-corrected chi connectivity index (χ0v) is 13.1. The highest BCUT2D eigenvalue weighted by Crippen LogP contribution is 2.20. The molecule has 4 rings (SSSR count). The highest BCUT2D eigenvalue weighted by Gasteiger charge is 2.20. The van der Waals surface area contributed by atoms with E-state index in [-0.39, 0.29) is 0 Å². The van der Waals surface area contributed by atoms with Crippen molar-refractivity contribution < 1.29 is 0 Å².